The minimum atomic E-state index is -2.36. The predicted molar refractivity (Wildman–Crippen MR) is 39.3 cm³/mol. The zero-order valence-corrected chi connectivity index (χ0v) is 9.93. The van der Waals surface area contributed by atoms with Gasteiger partial charge in [-0.3, -0.25) is 0 Å². The van der Waals surface area contributed by atoms with Gasteiger partial charge in [-0.05, 0) is 0 Å². The Bertz CT molecular complexity index is 211. The molecule has 0 spiro atoms. The third kappa shape index (κ3) is 5.78. The summed E-state index contributed by atoms with van der Waals surface area (Å²) in [5, 5.41) is 51.5. The minimum Gasteiger partial charge on any atom is -0.479 e. The molecule has 0 saturated carbocycles. The second-order valence-corrected chi connectivity index (χ2v) is 2.55. The smallest absolute Gasteiger partial charge is 0.335 e. The number of aliphatic carboxylic acids is 2. The van der Waals surface area contributed by atoms with Crippen molar-refractivity contribution in [3.05, 3.63) is 0 Å². The van der Waals surface area contributed by atoms with Gasteiger partial charge in [0, 0.05) is 34.1 Å². The Morgan fingerprint density at radius 1 is 0.688 bits per heavy atom. The average molecular weight is 320 g/mol. The average Bonchev–Trinajstić information content (AvgIpc) is 2.12. The molecule has 0 aliphatic rings. The van der Waals surface area contributed by atoms with Crippen LogP contribution >= 0.6 is 0 Å². The van der Waals surface area contributed by atoms with Gasteiger partial charge < -0.3 is 30.6 Å². The van der Waals surface area contributed by atoms with E-state index in [1.54, 1.807) is 0 Å². The molecule has 0 fully saturated rings. The molecule has 0 amide bonds. The van der Waals surface area contributed by atoms with Crippen molar-refractivity contribution in [2.45, 2.75) is 24.4 Å². The summed E-state index contributed by atoms with van der Waals surface area (Å²) in [5.41, 5.74) is 0. The molecular formula is C6H10Mn2O8. The van der Waals surface area contributed by atoms with Gasteiger partial charge in [0.1, 0.15) is 12.2 Å². The molecule has 4 atom stereocenters. The van der Waals surface area contributed by atoms with E-state index in [-0.39, 0.29) is 34.1 Å². The molecule has 6 N–H and O–H groups in total. The van der Waals surface area contributed by atoms with E-state index in [0.29, 0.717) is 0 Å². The van der Waals surface area contributed by atoms with Gasteiger partial charge in [-0.15, -0.1) is 0 Å². The normalized spacial score (nSPS) is 17.0. The second-order valence-electron chi connectivity index (χ2n) is 2.55. The minimum absolute atomic E-state index is 0. The number of rotatable bonds is 5. The fourth-order valence-electron chi connectivity index (χ4n) is 0.666. The van der Waals surface area contributed by atoms with Gasteiger partial charge in [0.15, 0.2) is 12.2 Å². The Kier molecular flexibility index (Phi) is 11.8. The first-order valence-corrected chi connectivity index (χ1v) is 3.47. The molecule has 0 aromatic rings. The molecule has 0 aliphatic heterocycles. The fourth-order valence-corrected chi connectivity index (χ4v) is 0.666. The Labute approximate surface area is 111 Å². The topological polar surface area (TPSA) is 156 Å². The van der Waals surface area contributed by atoms with Crippen LogP contribution in [0.5, 0.6) is 0 Å². The van der Waals surface area contributed by atoms with Gasteiger partial charge in [-0.25, -0.2) is 9.59 Å². The third-order valence-corrected chi connectivity index (χ3v) is 1.50. The SMILES string of the molecule is O=C(O)C(O)C(O)C(O)C(O)C(=O)O.[Mn].[Mn]. The van der Waals surface area contributed by atoms with Crippen LogP contribution in [0.2, 0.25) is 0 Å². The number of hydrogen-bond acceptors (Lipinski definition) is 6. The van der Waals surface area contributed by atoms with E-state index in [1.165, 1.54) is 0 Å². The van der Waals surface area contributed by atoms with Gasteiger partial charge in [-0.2, -0.15) is 0 Å². The molecule has 0 bridgehead atoms. The molecule has 0 heterocycles. The first-order valence-electron chi connectivity index (χ1n) is 3.47. The van der Waals surface area contributed by atoms with E-state index >= 15 is 0 Å². The van der Waals surface area contributed by atoms with Crippen LogP contribution in [0.3, 0.4) is 0 Å². The van der Waals surface area contributed by atoms with Crippen molar-refractivity contribution < 1.29 is 74.4 Å². The summed E-state index contributed by atoms with van der Waals surface area (Å²) in [6, 6.07) is 0. The molecule has 96 valence electrons. The van der Waals surface area contributed by atoms with Gasteiger partial charge in [0.25, 0.3) is 0 Å². The molecule has 4 unspecified atom stereocenters. The van der Waals surface area contributed by atoms with Crippen molar-refractivity contribution in [2.75, 3.05) is 0 Å². The summed E-state index contributed by atoms with van der Waals surface area (Å²) in [7, 11) is 0. The standard InChI is InChI=1S/C6H10O8.2Mn/c7-1(3(9)5(11)12)2(8)4(10)6(13)14;;/h1-4,7-10H,(H,11,12)(H,13,14);;. The molecule has 8 nitrogen and oxygen atoms in total. The van der Waals surface area contributed by atoms with E-state index in [1.807, 2.05) is 0 Å². The molecular weight excluding hydrogens is 310 g/mol. The van der Waals surface area contributed by atoms with E-state index in [4.69, 9.17) is 30.6 Å². The molecule has 0 aromatic carbocycles. The Balaban J connectivity index is -0.000000845. The summed E-state index contributed by atoms with van der Waals surface area (Å²) in [6.07, 6.45) is -9.28. The summed E-state index contributed by atoms with van der Waals surface area (Å²) in [4.78, 5) is 20.2. The van der Waals surface area contributed by atoms with Crippen LogP contribution in [0.1, 0.15) is 0 Å². The Morgan fingerprint density at radius 2 is 0.875 bits per heavy atom. The number of carboxylic acids is 2. The number of hydrogen-bond donors (Lipinski definition) is 6. The predicted octanol–water partition coefficient (Wildman–Crippen LogP) is -3.41. The first-order chi connectivity index (χ1) is 6.29. The fraction of sp³-hybridized carbons (Fsp3) is 0.667. The molecule has 10 heteroatoms. The summed E-state index contributed by atoms with van der Waals surface area (Å²) in [5.74, 6) is -3.68. The van der Waals surface area contributed by atoms with Gasteiger partial charge in [0.2, 0.25) is 0 Å². The van der Waals surface area contributed by atoms with Crippen LogP contribution in [-0.2, 0) is 43.7 Å². The molecule has 0 rings (SSSR count). The summed E-state index contributed by atoms with van der Waals surface area (Å²) in [6.45, 7) is 0. The van der Waals surface area contributed by atoms with Crippen LogP contribution < -0.4 is 0 Å². The van der Waals surface area contributed by atoms with E-state index in [2.05, 4.69) is 0 Å². The van der Waals surface area contributed by atoms with Gasteiger partial charge in [-0.1, -0.05) is 0 Å². The maximum atomic E-state index is 10.1. The molecule has 2 radical (unpaired) electrons. The van der Waals surface area contributed by atoms with Crippen molar-refractivity contribution in [3.8, 4) is 0 Å². The van der Waals surface area contributed by atoms with Crippen LogP contribution in [-0.4, -0.2) is 67.0 Å². The largest absolute Gasteiger partial charge is 0.479 e. The maximum absolute atomic E-state index is 10.1. The number of aliphatic hydroxyl groups excluding tert-OH is 4. The van der Waals surface area contributed by atoms with Crippen LogP contribution in [0, 0.1) is 0 Å². The van der Waals surface area contributed by atoms with Crippen molar-refractivity contribution in [3.63, 3.8) is 0 Å². The van der Waals surface area contributed by atoms with Gasteiger partial charge >= 0.3 is 11.9 Å². The quantitative estimate of drug-likeness (QED) is 0.286. The van der Waals surface area contributed by atoms with Crippen LogP contribution in [0.4, 0.5) is 0 Å². The molecule has 16 heavy (non-hydrogen) atoms. The van der Waals surface area contributed by atoms with Crippen LogP contribution in [0.15, 0.2) is 0 Å². The third-order valence-electron chi connectivity index (χ3n) is 1.50. The summed E-state index contributed by atoms with van der Waals surface area (Å²) >= 11 is 0. The number of aliphatic hydroxyl groups is 4. The van der Waals surface area contributed by atoms with E-state index < -0.39 is 36.4 Å². The van der Waals surface area contributed by atoms with Crippen molar-refractivity contribution in [1.82, 2.24) is 0 Å². The number of carboxylic acid groups (broad SMARTS) is 2. The first kappa shape index (κ1) is 21.1. The second kappa shape index (κ2) is 8.91. The van der Waals surface area contributed by atoms with Gasteiger partial charge in [0.05, 0.1) is 0 Å². The van der Waals surface area contributed by atoms with E-state index in [9.17, 15) is 9.59 Å². The monoisotopic (exact) mass is 320 g/mol. The molecule has 0 aliphatic carbocycles. The Morgan fingerprint density at radius 3 is 1.00 bits per heavy atom. The zero-order valence-electron chi connectivity index (χ0n) is 7.57. The molecule has 0 aromatic heterocycles. The van der Waals surface area contributed by atoms with Crippen molar-refractivity contribution >= 4 is 11.9 Å². The van der Waals surface area contributed by atoms with E-state index in [0.717, 1.165) is 0 Å². The van der Waals surface area contributed by atoms with Crippen LogP contribution in [0.25, 0.3) is 0 Å². The van der Waals surface area contributed by atoms with Crippen molar-refractivity contribution in [1.29, 1.82) is 0 Å². The Hall–Kier alpha value is -0.181. The number of carbonyl (C=O) groups is 2. The zero-order chi connectivity index (χ0) is 11.5. The maximum Gasteiger partial charge on any atom is 0.335 e. The van der Waals surface area contributed by atoms with Crippen molar-refractivity contribution in [2.24, 2.45) is 0 Å². The molecule has 0 saturated heterocycles. The summed E-state index contributed by atoms with van der Waals surface area (Å²) < 4.78 is 0.